The smallest absolute Gasteiger partial charge is 0.237 e. The van der Waals surface area contributed by atoms with Gasteiger partial charge in [-0.3, -0.25) is 9.59 Å². The first kappa shape index (κ1) is 18.5. The van der Waals surface area contributed by atoms with E-state index in [4.69, 9.17) is 0 Å². The van der Waals surface area contributed by atoms with Crippen LogP contribution < -0.4 is 10.2 Å². The van der Waals surface area contributed by atoms with E-state index >= 15 is 0 Å². The summed E-state index contributed by atoms with van der Waals surface area (Å²) >= 11 is 1.49. The molecule has 0 saturated carbocycles. The van der Waals surface area contributed by atoms with E-state index in [0.717, 1.165) is 16.8 Å². The van der Waals surface area contributed by atoms with Crippen LogP contribution in [0.4, 0.5) is 11.4 Å². The zero-order valence-electron chi connectivity index (χ0n) is 14.1. The molecule has 0 radical (unpaired) electrons. The highest BCUT2D eigenvalue weighted by Gasteiger charge is 2.24. The Morgan fingerprint density at radius 3 is 2.73 bits per heavy atom. The first-order valence-electron chi connectivity index (χ1n) is 7.97. The lowest BCUT2D eigenvalue weighted by Crippen LogP contribution is -2.37. The summed E-state index contributed by atoms with van der Waals surface area (Å²) in [5.41, 5.74) is 1.24. The molecule has 0 fully saturated rings. The van der Waals surface area contributed by atoms with Gasteiger partial charge in [-0.1, -0.05) is 18.2 Å². The number of hydrogen-bond donors (Lipinski definition) is 1. The van der Waals surface area contributed by atoms with E-state index < -0.39 is 9.84 Å². The standard InChI is InChI=1S/C18H18N2O4S2/c1-26(23,24)14-6-4-5-13(11-14)19-17(21)9-10-20-15-7-2-3-8-16(15)25-12-18(20)22/h2-8,11H,9-10,12H2,1H3,(H,19,21). The predicted octanol–water partition coefficient (Wildman–Crippen LogP) is 2.56. The van der Waals surface area contributed by atoms with Crippen molar-refractivity contribution in [2.75, 3.05) is 28.8 Å². The fourth-order valence-electron chi connectivity index (χ4n) is 2.64. The molecule has 8 heteroatoms. The molecule has 0 bridgehead atoms. The number of para-hydroxylation sites is 1. The Bertz CT molecular complexity index is 957. The van der Waals surface area contributed by atoms with Gasteiger partial charge >= 0.3 is 0 Å². The largest absolute Gasteiger partial charge is 0.326 e. The van der Waals surface area contributed by atoms with Crippen molar-refractivity contribution in [1.29, 1.82) is 0 Å². The zero-order valence-corrected chi connectivity index (χ0v) is 15.8. The van der Waals surface area contributed by atoms with E-state index in [1.807, 2.05) is 24.3 Å². The molecule has 0 saturated heterocycles. The Hall–Kier alpha value is -2.32. The van der Waals surface area contributed by atoms with Crippen molar-refractivity contribution < 1.29 is 18.0 Å². The number of carbonyl (C=O) groups excluding carboxylic acids is 2. The van der Waals surface area contributed by atoms with Gasteiger partial charge in [0.2, 0.25) is 11.8 Å². The highest BCUT2D eigenvalue weighted by molar-refractivity contribution is 8.00. The maximum absolute atomic E-state index is 12.2. The van der Waals surface area contributed by atoms with Crippen LogP contribution >= 0.6 is 11.8 Å². The van der Waals surface area contributed by atoms with Gasteiger partial charge in [-0.2, -0.15) is 0 Å². The summed E-state index contributed by atoms with van der Waals surface area (Å²) < 4.78 is 23.2. The molecule has 1 aliphatic heterocycles. The second kappa shape index (κ2) is 7.51. The van der Waals surface area contributed by atoms with Gasteiger partial charge in [0.1, 0.15) is 0 Å². The summed E-state index contributed by atoms with van der Waals surface area (Å²) in [6, 6.07) is 13.7. The average molecular weight is 390 g/mol. The number of nitrogens with zero attached hydrogens (tertiary/aromatic N) is 1. The lowest BCUT2D eigenvalue weighted by molar-refractivity contribution is -0.117. The van der Waals surface area contributed by atoms with E-state index in [2.05, 4.69) is 5.32 Å². The quantitative estimate of drug-likeness (QED) is 0.848. The third kappa shape index (κ3) is 4.25. The number of benzene rings is 2. The molecular weight excluding hydrogens is 372 g/mol. The Balaban J connectivity index is 1.66. The van der Waals surface area contributed by atoms with E-state index in [1.54, 1.807) is 17.0 Å². The van der Waals surface area contributed by atoms with Crippen molar-refractivity contribution in [3.05, 3.63) is 48.5 Å². The van der Waals surface area contributed by atoms with Crippen LogP contribution in [-0.2, 0) is 19.4 Å². The van der Waals surface area contributed by atoms with Gasteiger partial charge in [-0.15, -0.1) is 11.8 Å². The van der Waals surface area contributed by atoms with Crippen molar-refractivity contribution in [3.63, 3.8) is 0 Å². The van der Waals surface area contributed by atoms with Crippen LogP contribution in [0.1, 0.15) is 6.42 Å². The van der Waals surface area contributed by atoms with Gasteiger partial charge in [0.15, 0.2) is 9.84 Å². The van der Waals surface area contributed by atoms with Crippen LogP contribution in [0.5, 0.6) is 0 Å². The van der Waals surface area contributed by atoms with Gasteiger partial charge in [-0.25, -0.2) is 8.42 Å². The molecule has 6 nitrogen and oxygen atoms in total. The third-order valence-electron chi connectivity index (χ3n) is 3.92. The van der Waals surface area contributed by atoms with Crippen molar-refractivity contribution in [3.8, 4) is 0 Å². The number of rotatable bonds is 5. The van der Waals surface area contributed by atoms with E-state index in [9.17, 15) is 18.0 Å². The fraction of sp³-hybridized carbons (Fsp3) is 0.222. The monoisotopic (exact) mass is 390 g/mol. The lowest BCUT2D eigenvalue weighted by atomic mass is 10.2. The lowest BCUT2D eigenvalue weighted by Gasteiger charge is -2.28. The van der Waals surface area contributed by atoms with Gasteiger partial charge < -0.3 is 10.2 Å². The fourth-order valence-corrected chi connectivity index (χ4v) is 4.24. The van der Waals surface area contributed by atoms with Crippen LogP contribution in [0.15, 0.2) is 58.3 Å². The second-order valence-corrected chi connectivity index (χ2v) is 8.93. The molecule has 2 amide bonds. The van der Waals surface area contributed by atoms with Crippen LogP contribution in [-0.4, -0.2) is 38.8 Å². The summed E-state index contributed by atoms with van der Waals surface area (Å²) in [7, 11) is -3.34. The predicted molar refractivity (Wildman–Crippen MR) is 102 cm³/mol. The molecule has 26 heavy (non-hydrogen) atoms. The minimum absolute atomic E-state index is 0.0272. The minimum atomic E-state index is -3.34. The topological polar surface area (TPSA) is 83.6 Å². The Kier molecular flexibility index (Phi) is 5.33. The SMILES string of the molecule is CS(=O)(=O)c1cccc(NC(=O)CCN2C(=O)CSc3ccccc32)c1. The minimum Gasteiger partial charge on any atom is -0.326 e. The molecule has 0 aliphatic carbocycles. The van der Waals surface area contributed by atoms with Gasteiger partial charge in [0.25, 0.3) is 0 Å². The van der Waals surface area contributed by atoms with Gasteiger partial charge in [0.05, 0.1) is 16.3 Å². The molecule has 1 aliphatic rings. The van der Waals surface area contributed by atoms with Gasteiger partial charge in [0, 0.05) is 29.8 Å². The molecule has 2 aromatic carbocycles. The van der Waals surface area contributed by atoms with Crippen molar-refractivity contribution >= 4 is 44.8 Å². The summed E-state index contributed by atoms with van der Waals surface area (Å²) in [4.78, 5) is 27.2. The van der Waals surface area contributed by atoms with Crippen LogP contribution in [0.2, 0.25) is 0 Å². The summed E-state index contributed by atoms with van der Waals surface area (Å²) in [5, 5.41) is 2.69. The van der Waals surface area contributed by atoms with E-state index in [0.29, 0.717) is 11.4 Å². The number of nitrogens with one attached hydrogen (secondary N) is 1. The molecular formula is C18H18N2O4S2. The van der Waals surface area contributed by atoms with Crippen molar-refractivity contribution in [2.24, 2.45) is 0 Å². The number of thioether (sulfide) groups is 1. The van der Waals surface area contributed by atoms with Crippen LogP contribution in [0.3, 0.4) is 0 Å². The normalized spacial score (nSPS) is 14.0. The Morgan fingerprint density at radius 1 is 1.19 bits per heavy atom. The summed E-state index contributed by atoms with van der Waals surface area (Å²) in [6.45, 7) is 0.272. The van der Waals surface area contributed by atoms with E-state index in [-0.39, 0.29) is 29.7 Å². The maximum atomic E-state index is 12.2. The number of anilines is 2. The molecule has 0 aromatic heterocycles. The summed E-state index contributed by atoms with van der Waals surface area (Å²) in [5.74, 6) is 0.0504. The van der Waals surface area contributed by atoms with Crippen LogP contribution in [0.25, 0.3) is 0 Å². The number of amides is 2. The third-order valence-corrected chi connectivity index (χ3v) is 6.07. The molecule has 0 unspecified atom stereocenters. The maximum Gasteiger partial charge on any atom is 0.237 e. The first-order valence-corrected chi connectivity index (χ1v) is 10.8. The van der Waals surface area contributed by atoms with Gasteiger partial charge in [-0.05, 0) is 30.3 Å². The second-order valence-electron chi connectivity index (χ2n) is 5.90. The molecule has 1 N–H and O–H groups in total. The zero-order chi connectivity index (χ0) is 18.7. The molecule has 3 rings (SSSR count). The number of sulfone groups is 1. The number of carbonyl (C=O) groups is 2. The van der Waals surface area contributed by atoms with Crippen molar-refractivity contribution in [1.82, 2.24) is 0 Å². The van der Waals surface area contributed by atoms with Crippen LogP contribution in [0, 0.1) is 0 Å². The molecule has 0 spiro atoms. The average Bonchev–Trinajstić information content (AvgIpc) is 2.60. The Morgan fingerprint density at radius 2 is 1.96 bits per heavy atom. The molecule has 1 heterocycles. The van der Waals surface area contributed by atoms with Crippen molar-refractivity contribution in [2.45, 2.75) is 16.2 Å². The number of fused-ring (bicyclic) bond motifs is 1. The highest BCUT2D eigenvalue weighted by Crippen LogP contribution is 2.34. The Labute approximate surface area is 156 Å². The highest BCUT2D eigenvalue weighted by atomic mass is 32.2. The molecule has 2 aromatic rings. The molecule has 136 valence electrons. The number of hydrogen-bond acceptors (Lipinski definition) is 5. The summed E-state index contributed by atoms with van der Waals surface area (Å²) in [6.07, 6.45) is 1.24. The first-order chi connectivity index (χ1) is 12.3. The van der Waals surface area contributed by atoms with E-state index in [1.165, 1.54) is 23.9 Å². The molecule has 0 atom stereocenters.